The lowest BCUT2D eigenvalue weighted by Gasteiger charge is -2.57. The maximum absolute atomic E-state index is 7.20. The van der Waals surface area contributed by atoms with Gasteiger partial charge >= 0.3 is 6.85 Å². The zero-order valence-corrected chi connectivity index (χ0v) is 36.4. The van der Waals surface area contributed by atoms with E-state index in [1.165, 1.54) is 169 Å². The maximum Gasteiger partial charge on any atom is 0.333 e. The molecule has 0 N–H and O–H groups in total. The fourth-order valence-corrected chi connectivity index (χ4v) is 19.4. The molecule has 20 rings (SSSR count). The second kappa shape index (κ2) is 10.8. The molecule has 0 saturated heterocycles. The molecule has 8 aliphatic carbocycles. The molecule has 8 saturated carbocycles. The van der Waals surface area contributed by atoms with Crippen LogP contribution in [0.15, 0.2) is 108 Å². The van der Waals surface area contributed by atoms with Gasteiger partial charge in [-0.05, 0) is 193 Å². The number of nitrogens with zero attached hydrogens (tertiary/aromatic N) is 2. The number of benzene rings is 6. The van der Waals surface area contributed by atoms with Crippen LogP contribution in [0.1, 0.15) is 88.2 Å². The molecule has 10 aliphatic rings. The van der Waals surface area contributed by atoms with Crippen molar-refractivity contribution < 1.29 is 4.42 Å². The van der Waals surface area contributed by atoms with Crippen molar-refractivity contribution in [2.24, 2.45) is 35.5 Å². The van der Waals surface area contributed by atoms with E-state index in [0.29, 0.717) is 5.41 Å². The zero-order valence-electron chi connectivity index (χ0n) is 35.6. The average molecular weight is 831 g/mol. The van der Waals surface area contributed by atoms with E-state index in [9.17, 15) is 0 Å². The Bertz CT molecular complexity index is 3730. The van der Waals surface area contributed by atoms with Crippen molar-refractivity contribution in [1.82, 2.24) is 9.05 Å². The first-order chi connectivity index (χ1) is 31.0. The van der Waals surface area contributed by atoms with Crippen LogP contribution in [0.3, 0.4) is 0 Å². The third-order valence-corrected chi connectivity index (χ3v) is 20.7. The molecule has 0 amide bonds. The van der Waals surface area contributed by atoms with E-state index in [-0.39, 0.29) is 12.3 Å². The smallest absolute Gasteiger partial charge is 0.333 e. The summed E-state index contributed by atoms with van der Waals surface area (Å²) in [7, 11) is 0. The molecular formula is C58H47BN2OS. The third-order valence-electron chi connectivity index (χ3n) is 19.5. The quantitative estimate of drug-likeness (QED) is 0.159. The predicted octanol–water partition coefficient (Wildman–Crippen LogP) is 13.9. The molecule has 8 fully saturated rings. The van der Waals surface area contributed by atoms with Gasteiger partial charge in [-0.2, -0.15) is 0 Å². The van der Waals surface area contributed by atoms with Gasteiger partial charge in [0, 0.05) is 53.6 Å². The van der Waals surface area contributed by atoms with E-state index < -0.39 is 0 Å². The number of aromatic nitrogens is 2. The minimum atomic E-state index is 0.0300. The molecule has 4 aromatic heterocycles. The van der Waals surface area contributed by atoms with Gasteiger partial charge in [0.2, 0.25) is 0 Å². The Labute approximate surface area is 370 Å². The lowest BCUT2D eigenvalue weighted by atomic mass is 9.45. The summed E-state index contributed by atoms with van der Waals surface area (Å²) in [4.78, 5) is 0. The molecular weight excluding hydrogens is 784 g/mol. The van der Waals surface area contributed by atoms with E-state index in [1.54, 1.807) is 11.1 Å². The average Bonchev–Trinajstić information content (AvgIpc) is 4.03. The Morgan fingerprint density at radius 1 is 0.524 bits per heavy atom. The monoisotopic (exact) mass is 830 g/mol. The van der Waals surface area contributed by atoms with Crippen LogP contribution in [-0.2, 0) is 10.8 Å². The third kappa shape index (κ3) is 3.87. The summed E-state index contributed by atoms with van der Waals surface area (Å²) in [6.45, 7) is 0.0300. The minimum Gasteiger partial charge on any atom is -0.454 e. The summed E-state index contributed by atoms with van der Waals surface area (Å²) >= 11 is 1.96. The summed E-state index contributed by atoms with van der Waals surface area (Å²) < 4.78 is 15.5. The Balaban J connectivity index is 1.01. The van der Waals surface area contributed by atoms with E-state index in [4.69, 9.17) is 4.42 Å². The Hall–Kier alpha value is -5.26. The van der Waals surface area contributed by atoms with Crippen molar-refractivity contribution in [3.8, 4) is 16.8 Å². The van der Waals surface area contributed by atoms with Gasteiger partial charge in [-0.25, -0.2) is 0 Å². The lowest BCUT2D eigenvalue weighted by Crippen LogP contribution is -2.55. The zero-order chi connectivity index (χ0) is 40.2. The van der Waals surface area contributed by atoms with E-state index in [2.05, 4.69) is 112 Å². The minimum absolute atomic E-state index is 0.0300. The summed E-state index contributed by atoms with van der Waals surface area (Å²) in [6.07, 6.45) is 17.2. The lowest BCUT2D eigenvalue weighted by molar-refractivity contribution is -0.00527. The molecule has 8 bridgehead atoms. The standard InChI is InChI=1S/C58H47BN2OS/c1-3-10-48-38(6-1)45-23-42-44-22-37(58-27-33-17-34(28-58)19-35(18-33)29-58)21-43-41-20-36(57-24-30-14-31(25-57)16-32(15-30)26-57)12-13-47(41)61(51(43)44)59-46-9-5-8-40-52(46)60(54(50(42)59)55(45)62-48)53-39-7-2-4-11-49(39)63-56(40)53/h1-13,20-23,30-35H,14-19,24-29H2. The van der Waals surface area contributed by atoms with Crippen molar-refractivity contribution in [1.29, 1.82) is 0 Å². The van der Waals surface area contributed by atoms with Gasteiger partial charge in [0.1, 0.15) is 5.58 Å². The van der Waals surface area contributed by atoms with Gasteiger partial charge in [-0.15, -0.1) is 11.3 Å². The van der Waals surface area contributed by atoms with E-state index >= 15 is 0 Å². The highest BCUT2D eigenvalue weighted by Gasteiger charge is 2.54. The number of furan rings is 1. The molecule has 304 valence electrons. The van der Waals surface area contributed by atoms with Crippen LogP contribution in [0, 0.1) is 35.5 Å². The van der Waals surface area contributed by atoms with Gasteiger partial charge in [-0.1, -0.05) is 60.7 Å². The van der Waals surface area contributed by atoms with Gasteiger partial charge < -0.3 is 13.5 Å². The number of hydrogen-bond acceptors (Lipinski definition) is 2. The fraction of sp³-hybridized carbons (Fsp3) is 0.345. The van der Waals surface area contributed by atoms with Crippen LogP contribution in [0.2, 0.25) is 0 Å². The first kappa shape index (κ1) is 33.3. The number of fused-ring (bicyclic) bond motifs is 16. The molecule has 10 aromatic rings. The molecule has 2 aliphatic heterocycles. The summed E-state index contributed by atoms with van der Waals surface area (Å²) in [5, 5.41) is 8.19. The molecule has 0 spiro atoms. The van der Waals surface area contributed by atoms with Crippen molar-refractivity contribution in [3.05, 3.63) is 114 Å². The Morgan fingerprint density at radius 3 is 1.92 bits per heavy atom. The van der Waals surface area contributed by atoms with Crippen LogP contribution in [0.5, 0.6) is 0 Å². The Kier molecular flexibility index (Phi) is 5.71. The first-order valence-electron chi connectivity index (χ1n) is 24.6. The second-order valence-corrected chi connectivity index (χ2v) is 23.9. The highest BCUT2D eigenvalue weighted by atomic mass is 32.1. The highest BCUT2D eigenvalue weighted by Crippen LogP contribution is 2.63. The molecule has 63 heavy (non-hydrogen) atoms. The van der Waals surface area contributed by atoms with E-state index in [1.807, 2.05) is 11.3 Å². The van der Waals surface area contributed by atoms with Crippen molar-refractivity contribution >= 4 is 104 Å². The van der Waals surface area contributed by atoms with Crippen molar-refractivity contribution in [2.45, 2.75) is 87.9 Å². The number of rotatable bonds is 2. The first-order valence-corrected chi connectivity index (χ1v) is 25.4. The van der Waals surface area contributed by atoms with Gasteiger partial charge in [-0.3, -0.25) is 0 Å². The highest BCUT2D eigenvalue weighted by molar-refractivity contribution is 7.26. The van der Waals surface area contributed by atoms with Crippen LogP contribution in [0.4, 0.5) is 0 Å². The largest absolute Gasteiger partial charge is 0.454 e. The van der Waals surface area contributed by atoms with Crippen LogP contribution in [0.25, 0.3) is 91.8 Å². The van der Waals surface area contributed by atoms with E-state index in [0.717, 1.165) is 46.7 Å². The number of thiophene rings is 1. The number of hydrogen-bond donors (Lipinski definition) is 0. The summed E-state index contributed by atoms with van der Waals surface area (Å²) in [5.74, 6) is 5.48. The van der Waals surface area contributed by atoms with Crippen molar-refractivity contribution in [2.75, 3.05) is 0 Å². The molecule has 3 nitrogen and oxygen atoms in total. The molecule has 5 heteroatoms. The van der Waals surface area contributed by atoms with Crippen molar-refractivity contribution in [3.63, 3.8) is 0 Å². The summed E-state index contributed by atoms with van der Waals surface area (Å²) in [5.41, 5.74) is 18.5. The Morgan fingerprint density at radius 2 is 1.17 bits per heavy atom. The van der Waals surface area contributed by atoms with Crippen LogP contribution in [-0.4, -0.2) is 15.9 Å². The molecule has 6 heterocycles. The molecule has 0 unspecified atom stereocenters. The number of para-hydroxylation sites is 2. The normalized spacial score (nSPS) is 30.5. The summed E-state index contributed by atoms with van der Waals surface area (Å²) in [6, 6.07) is 41.3. The van der Waals surface area contributed by atoms with Gasteiger partial charge in [0.05, 0.1) is 21.4 Å². The predicted molar refractivity (Wildman–Crippen MR) is 262 cm³/mol. The fourth-order valence-electron chi connectivity index (χ4n) is 18.2. The SMILES string of the molecule is c1ccc2c(c1)oc1c3c4c(cc12)-c1cc(C25CC6CC(CC(C6)C2)C5)cc2c5cc(C67CC8CC(CC(C8)C6)C7)ccc5n(c12)B4c1cccc2c4sc5ccccc5c4n-3c12. The topological polar surface area (TPSA) is 23.0 Å². The molecule has 0 atom stereocenters. The molecule has 0 radical (unpaired) electrons. The maximum atomic E-state index is 7.20. The van der Waals surface area contributed by atoms with Gasteiger partial charge in [0.25, 0.3) is 0 Å². The van der Waals surface area contributed by atoms with Crippen LogP contribution < -0.4 is 10.9 Å². The second-order valence-electron chi connectivity index (χ2n) is 22.8. The van der Waals surface area contributed by atoms with Gasteiger partial charge in [0.15, 0.2) is 5.58 Å². The van der Waals surface area contributed by atoms with Crippen LogP contribution >= 0.6 is 11.3 Å². The molecule has 6 aromatic carbocycles.